The third-order valence-electron chi connectivity index (χ3n) is 2.99. The summed E-state index contributed by atoms with van der Waals surface area (Å²) < 4.78 is 6.05. The van der Waals surface area contributed by atoms with E-state index in [0.29, 0.717) is 5.02 Å². The fraction of sp³-hybridized carbons (Fsp3) is 0.200. The highest BCUT2D eigenvalue weighted by atomic mass is 79.9. The zero-order chi connectivity index (χ0) is 14.0. The van der Waals surface area contributed by atoms with Gasteiger partial charge in [0.05, 0.1) is 7.11 Å². The summed E-state index contributed by atoms with van der Waals surface area (Å²) in [5.41, 5.74) is 2.54. The van der Waals surface area contributed by atoms with E-state index in [9.17, 15) is 5.11 Å². The number of ether oxygens (including phenoxy) is 1. The Bertz CT molecular complexity index is 599. The van der Waals surface area contributed by atoms with Crippen LogP contribution >= 0.6 is 27.5 Å². The van der Waals surface area contributed by atoms with E-state index in [1.54, 1.807) is 19.2 Å². The molecule has 2 aromatic carbocycles. The first-order chi connectivity index (χ1) is 9.02. The Kier molecular flexibility index (Phi) is 4.50. The Hall–Kier alpha value is -1.03. The minimum absolute atomic E-state index is 0.600. The lowest BCUT2D eigenvalue weighted by Crippen LogP contribution is -2.01. The number of methoxy groups -OCH3 is 1. The lowest BCUT2D eigenvalue weighted by atomic mass is 9.99. The fourth-order valence-electron chi connectivity index (χ4n) is 1.98. The maximum absolute atomic E-state index is 10.5. The molecule has 2 nitrogen and oxygen atoms in total. The first kappa shape index (κ1) is 14.4. The molecule has 2 rings (SSSR count). The van der Waals surface area contributed by atoms with Gasteiger partial charge in [-0.15, -0.1) is 0 Å². The van der Waals surface area contributed by atoms with Gasteiger partial charge in [0, 0.05) is 15.1 Å². The summed E-state index contributed by atoms with van der Waals surface area (Å²) in [5.74, 6) is 0.807. The SMILES string of the molecule is COc1ccc(C(O)c2cc(Cl)ccc2Br)cc1C. The smallest absolute Gasteiger partial charge is 0.121 e. The molecule has 0 aromatic heterocycles. The van der Waals surface area contributed by atoms with Crippen LogP contribution in [0.25, 0.3) is 0 Å². The third-order valence-corrected chi connectivity index (χ3v) is 3.94. The van der Waals surface area contributed by atoms with Crippen molar-refractivity contribution in [2.75, 3.05) is 7.11 Å². The van der Waals surface area contributed by atoms with Crippen LogP contribution in [-0.4, -0.2) is 12.2 Å². The van der Waals surface area contributed by atoms with Gasteiger partial charge < -0.3 is 9.84 Å². The topological polar surface area (TPSA) is 29.5 Å². The first-order valence-electron chi connectivity index (χ1n) is 5.80. The van der Waals surface area contributed by atoms with E-state index >= 15 is 0 Å². The van der Waals surface area contributed by atoms with Crippen molar-refractivity contribution in [1.82, 2.24) is 0 Å². The van der Waals surface area contributed by atoms with Crippen LogP contribution in [0, 0.1) is 6.92 Å². The molecule has 0 amide bonds. The van der Waals surface area contributed by atoms with E-state index in [-0.39, 0.29) is 0 Å². The molecule has 1 unspecified atom stereocenters. The maximum atomic E-state index is 10.5. The van der Waals surface area contributed by atoms with Gasteiger partial charge in [-0.1, -0.05) is 33.6 Å². The molecule has 2 aromatic rings. The molecule has 0 radical (unpaired) electrons. The molecule has 4 heteroatoms. The van der Waals surface area contributed by atoms with Crippen molar-refractivity contribution in [3.63, 3.8) is 0 Å². The second-order valence-corrected chi connectivity index (χ2v) is 5.59. The zero-order valence-corrected chi connectivity index (χ0v) is 13.0. The largest absolute Gasteiger partial charge is 0.496 e. The molecule has 0 aliphatic carbocycles. The predicted octanol–water partition coefficient (Wildman–Crippen LogP) is 4.50. The number of benzene rings is 2. The van der Waals surface area contributed by atoms with Crippen molar-refractivity contribution in [1.29, 1.82) is 0 Å². The molecule has 100 valence electrons. The highest BCUT2D eigenvalue weighted by Gasteiger charge is 2.15. The second kappa shape index (κ2) is 5.95. The van der Waals surface area contributed by atoms with Gasteiger partial charge >= 0.3 is 0 Å². The highest BCUT2D eigenvalue weighted by molar-refractivity contribution is 9.10. The fourth-order valence-corrected chi connectivity index (χ4v) is 2.62. The molecule has 0 aliphatic heterocycles. The van der Waals surface area contributed by atoms with Gasteiger partial charge in [-0.25, -0.2) is 0 Å². The number of rotatable bonds is 3. The number of aliphatic hydroxyl groups is 1. The summed E-state index contributed by atoms with van der Waals surface area (Å²) in [6.45, 7) is 1.95. The van der Waals surface area contributed by atoms with E-state index in [4.69, 9.17) is 16.3 Å². The monoisotopic (exact) mass is 340 g/mol. The molecule has 0 saturated heterocycles. The Labute approximate surface area is 126 Å². The van der Waals surface area contributed by atoms with Crippen LogP contribution in [0.3, 0.4) is 0 Å². The van der Waals surface area contributed by atoms with Crippen molar-refractivity contribution in [3.8, 4) is 5.75 Å². The van der Waals surface area contributed by atoms with Gasteiger partial charge in [0.15, 0.2) is 0 Å². The summed E-state index contributed by atoms with van der Waals surface area (Å²) in [6, 6.07) is 11.0. The van der Waals surface area contributed by atoms with Crippen molar-refractivity contribution in [3.05, 3.63) is 62.6 Å². The summed E-state index contributed by atoms with van der Waals surface area (Å²) >= 11 is 9.41. The average Bonchev–Trinajstić information content (AvgIpc) is 2.40. The number of hydrogen-bond acceptors (Lipinski definition) is 2. The molecule has 19 heavy (non-hydrogen) atoms. The van der Waals surface area contributed by atoms with Crippen LogP contribution in [0.1, 0.15) is 22.8 Å². The van der Waals surface area contributed by atoms with E-state index in [2.05, 4.69) is 15.9 Å². The van der Waals surface area contributed by atoms with Crippen LogP contribution < -0.4 is 4.74 Å². The minimum atomic E-state index is -0.724. The van der Waals surface area contributed by atoms with Gasteiger partial charge in [-0.05, 0) is 48.4 Å². The molecular formula is C15H14BrClO2. The first-order valence-corrected chi connectivity index (χ1v) is 6.97. The Morgan fingerprint density at radius 3 is 2.58 bits per heavy atom. The molecule has 0 saturated carbocycles. The van der Waals surface area contributed by atoms with E-state index in [1.165, 1.54) is 0 Å². The lowest BCUT2D eigenvalue weighted by molar-refractivity contribution is 0.219. The van der Waals surface area contributed by atoms with Gasteiger partial charge in [-0.2, -0.15) is 0 Å². The molecule has 0 bridgehead atoms. The number of aryl methyl sites for hydroxylation is 1. The summed E-state index contributed by atoms with van der Waals surface area (Å²) in [5, 5.41) is 11.1. The molecule has 1 N–H and O–H groups in total. The predicted molar refractivity (Wildman–Crippen MR) is 80.9 cm³/mol. The number of halogens is 2. The standard InChI is InChI=1S/C15H14BrClO2/c1-9-7-10(3-6-14(9)19-2)15(18)12-8-11(17)4-5-13(12)16/h3-8,15,18H,1-2H3. The summed E-state index contributed by atoms with van der Waals surface area (Å²) in [4.78, 5) is 0. The van der Waals surface area contributed by atoms with Crippen LogP contribution in [-0.2, 0) is 0 Å². The second-order valence-electron chi connectivity index (χ2n) is 4.30. The van der Waals surface area contributed by atoms with Gasteiger partial charge in [0.1, 0.15) is 11.9 Å². The Balaban J connectivity index is 2.41. The highest BCUT2D eigenvalue weighted by Crippen LogP contribution is 2.32. The molecular weight excluding hydrogens is 328 g/mol. The molecule has 0 aliphatic rings. The minimum Gasteiger partial charge on any atom is -0.496 e. The maximum Gasteiger partial charge on any atom is 0.121 e. The van der Waals surface area contributed by atoms with Crippen LogP contribution in [0.5, 0.6) is 5.75 Å². The van der Waals surface area contributed by atoms with Crippen molar-refractivity contribution in [2.24, 2.45) is 0 Å². The van der Waals surface area contributed by atoms with Crippen LogP contribution in [0.4, 0.5) is 0 Å². The number of hydrogen-bond donors (Lipinski definition) is 1. The van der Waals surface area contributed by atoms with Gasteiger partial charge in [0.25, 0.3) is 0 Å². The van der Waals surface area contributed by atoms with Crippen LogP contribution in [0.2, 0.25) is 5.02 Å². The molecule has 1 atom stereocenters. The summed E-state index contributed by atoms with van der Waals surface area (Å²) in [6.07, 6.45) is -0.724. The molecule has 0 spiro atoms. The van der Waals surface area contributed by atoms with E-state index in [0.717, 1.165) is 26.9 Å². The van der Waals surface area contributed by atoms with Gasteiger partial charge in [0.2, 0.25) is 0 Å². The lowest BCUT2D eigenvalue weighted by Gasteiger charge is -2.15. The average molecular weight is 342 g/mol. The Morgan fingerprint density at radius 1 is 1.21 bits per heavy atom. The third kappa shape index (κ3) is 3.11. The van der Waals surface area contributed by atoms with Crippen molar-refractivity contribution >= 4 is 27.5 Å². The van der Waals surface area contributed by atoms with Gasteiger partial charge in [-0.3, -0.25) is 0 Å². The van der Waals surface area contributed by atoms with Crippen molar-refractivity contribution in [2.45, 2.75) is 13.0 Å². The normalized spacial score (nSPS) is 12.3. The Morgan fingerprint density at radius 2 is 1.95 bits per heavy atom. The quantitative estimate of drug-likeness (QED) is 0.890. The van der Waals surface area contributed by atoms with E-state index in [1.807, 2.05) is 31.2 Å². The molecule has 0 fully saturated rings. The number of aliphatic hydroxyl groups excluding tert-OH is 1. The summed E-state index contributed by atoms with van der Waals surface area (Å²) in [7, 11) is 1.63. The van der Waals surface area contributed by atoms with Crippen LogP contribution in [0.15, 0.2) is 40.9 Å². The zero-order valence-electron chi connectivity index (χ0n) is 10.7. The molecule has 0 heterocycles. The van der Waals surface area contributed by atoms with E-state index < -0.39 is 6.10 Å². The van der Waals surface area contributed by atoms with Crippen molar-refractivity contribution < 1.29 is 9.84 Å².